The minimum Gasteiger partial charge on any atom is -0.496 e. The van der Waals surface area contributed by atoms with Crippen LogP contribution in [0.4, 0.5) is 0 Å². The summed E-state index contributed by atoms with van der Waals surface area (Å²) in [7, 11) is 1.70. The molecule has 1 aromatic carbocycles. The number of methoxy groups -OCH3 is 1. The predicted octanol–water partition coefficient (Wildman–Crippen LogP) is 2.09. The van der Waals surface area contributed by atoms with Crippen LogP contribution < -0.4 is 9.47 Å². The van der Waals surface area contributed by atoms with Gasteiger partial charge in [-0.2, -0.15) is 0 Å². The molecule has 0 spiro atoms. The van der Waals surface area contributed by atoms with E-state index in [4.69, 9.17) is 14.2 Å². The van der Waals surface area contributed by atoms with Crippen LogP contribution in [0.2, 0.25) is 0 Å². The normalized spacial score (nSPS) is 27.1. The molecule has 2 heterocycles. The Morgan fingerprint density at radius 3 is 2.87 bits per heavy atom. The Morgan fingerprint density at radius 1 is 1.40 bits per heavy atom. The summed E-state index contributed by atoms with van der Waals surface area (Å²) in [5, 5.41) is 0. The van der Waals surface area contributed by atoms with Crippen molar-refractivity contribution in [3.8, 4) is 11.5 Å². The molecule has 0 radical (unpaired) electrons. The molecule has 2 unspecified atom stereocenters. The van der Waals surface area contributed by atoms with Gasteiger partial charge in [0.15, 0.2) is 0 Å². The van der Waals surface area contributed by atoms with Crippen molar-refractivity contribution in [3.63, 3.8) is 0 Å². The maximum atomic E-state index is 5.71. The van der Waals surface area contributed by atoms with Gasteiger partial charge in [-0.1, -0.05) is 0 Å². The molecule has 3 rings (SSSR count). The van der Waals surface area contributed by atoms with Crippen LogP contribution in [-0.4, -0.2) is 19.8 Å². The van der Waals surface area contributed by atoms with Crippen molar-refractivity contribution in [1.82, 2.24) is 0 Å². The number of ether oxygens (including phenoxy) is 3. The van der Waals surface area contributed by atoms with Crippen LogP contribution in [0, 0.1) is 0 Å². The third kappa shape index (κ3) is 1.47. The second-order valence-electron chi connectivity index (χ2n) is 4.16. The number of fused-ring (bicyclic) bond motifs is 1. The summed E-state index contributed by atoms with van der Waals surface area (Å²) in [4.78, 5) is 0. The van der Waals surface area contributed by atoms with Crippen LogP contribution in [0.15, 0.2) is 12.1 Å². The van der Waals surface area contributed by atoms with Crippen molar-refractivity contribution < 1.29 is 14.2 Å². The average Bonchev–Trinajstić information content (AvgIpc) is 2.98. The zero-order chi connectivity index (χ0) is 10.4. The van der Waals surface area contributed by atoms with E-state index in [9.17, 15) is 0 Å². The summed E-state index contributed by atoms with van der Waals surface area (Å²) in [6.07, 6.45) is 1.46. The standard InChI is InChI=1S/C12H14O3/c1-7-3-8-4-11(13-2)9(12-6-14-12)5-10(8)15-7/h4-5,7,12H,3,6H2,1-2H3. The number of epoxide rings is 1. The summed E-state index contributed by atoms with van der Waals surface area (Å²) < 4.78 is 16.4. The first kappa shape index (κ1) is 9.04. The maximum absolute atomic E-state index is 5.71. The SMILES string of the molecule is COc1cc2c(cc1C1CO1)OC(C)C2. The molecule has 80 valence electrons. The van der Waals surface area contributed by atoms with Crippen LogP contribution in [0.1, 0.15) is 24.2 Å². The van der Waals surface area contributed by atoms with Gasteiger partial charge in [0.25, 0.3) is 0 Å². The average molecular weight is 206 g/mol. The highest BCUT2D eigenvalue weighted by Crippen LogP contribution is 2.42. The summed E-state index contributed by atoms with van der Waals surface area (Å²) in [6, 6.07) is 4.14. The molecule has 0 aromatic heterocycles. The van der Waals surface area contributed by atoms with Gasteiger partial charge >= 0.3 is 0 Å². The predicted molar refractivity (Wildman–Crippen MR) is 55.5 cm³/mol. The van der Waals surface area contributed by atoms with Crippen molar-refractivity contribution >= 4 is 0 Å². The Bertz CT molecular complexity index is 396. The summed E-state index contributed by atoms with van der Waals surface area (Å²) in [6.45, 7) is 2.88. The molecule has 15 heavy (non-hydrogen) atoms. The molecule has 0 aliphatic carbocycles. The molecule has 1 fully saturated rings. The highest BCUT2D eigenvalue weighted by molar-refractivity contribution is 5.50. The van der Waals surface area contributed by atoms with E-state index in [0.29, 0.717) is 0 Å². The van der Waals surface area contributed by atoms with Gasteiger partial charge in [-0.15, -0.1) is 0 Å². The minimum absolute atomic E-state index is 0.213. The van der Waals surface area contributed by atoms with Crippen LogP contribution in [0.25, 0.3) is 0 Å². The van der Waals surface area contributed by atoms with Gasteiger partial charge in [-0.25, -0.2) is 0 Å². The fraction of sp³-hybridized carbons (Fsp3) is 0.500. The molecule has 2 atom stereocenters. The summed E-state index contributed by atoms with van der Waals surface area (Å²) in [5.41, 5.74) is 2.36. The van der Waals surface area contributed by atoms with Crippen LogP contribution in [0.3, 0.4) is 0 Å². The van der Waals surface area contributed by atoms with E-state index in [-0.39, 0.29) is 12.2 Å². The lowest BCUT2D eigenvalue weighted by Gasteiger charge is -2.08. The number of hydrogen-bond acceptors (Lipinski definition) is 3. The highest BCUT2D eigenvalue weighted by Gasteiger charge is 2.31. The molecule has 2 aliphatic heterocycles. The molecule has 0 saturated carbocycles. The monoisotopic (exact) mass is 206 g/mol. The van der Waals surface area contributed by atoms with E-state index >= 15 is 0 Å². The van der Waals surface area contributed by atoms with Gasteiger partial charge in [-0.05, 0) is 19.1 Å². The Kier molecular flexibility index (Phi) is 1.89. The second-order valence-corrected chi connectivity index (χ2v) is 4.16. The number of benzene rings is 1. The first-order valence-corrected chi connectivity index (χ1v) is 5.27. The molecule has 1 saturated heterocycles. The van der Waals surface area contributed by atoms with Crippen molar-refractivity contribution in [3.05, 3.63) is 23.3 Å². The number of rotatable bonds is 2. The lowest BCUT2D eigenvalue weighted by molar-refractivity contribution is 0.254. The third-order valence-corrected chi connectivity index (χ3v) is 2.93. The molecule has 0 N–H and O–H groups in total. The van der Waals surface area contributed by atoms with E-state index in [2.05, 4.69) is 19.1 Å². The molecule has 1 aromatic rings. The Hall–Kier alpha value is -1.22. The Morgan fingerprint density at radius 2 is 2.20 bits per heavy atom. The molecule has 2 aliphatic rings. The topological polar surface area (TPSA) is 31.0 Å². The molecule has 0 bridgehead atoms. The highest BCUT2D eigenvalue weighted by atomic mass is 16.6. The fourth-order valence-electron chi connectivity index (χ4n) is 2.11. The zero-order valence-corrected chi connectivity index (χ0v) is 8.95. The molecular weight excluding hydrogens is 192 g/mol. The second kappa shape index (κ2) is 3.14. The van der Waals surface area contributed by atoms with E-state index < -0.39 is 0 Å². The smallest absolute Gasteiger partial charge is 0.125 e. The quantitative estimate of drug-likeness (QED) is 0.694. The lowest BCUT2D eigenvalue weighted by atomic mass is 10.0. The van der Waals surface area contributed by atoms with Gasteiger partial charge in [0.05, 0.1) is 13.7 Å². The van der Waals surface area contributed by atoms with Gasteiger partial charge in [0.1, 0.15) is 23.7 Å². The fourth-order valence-corrected chi connectivity index (χ4v) is 2.11. The van der Waals surface area contributed by atoms with Gasteiger partial charge in [-0.3, -0.25) is 0 Å². The summed E-state index contributed by atoms with van der Waals surface area (Å²) in [5.74, 6) is 1.92. The molecular formula is C12H14O3. The van der Waals surface area contributed by atoms with Crippen LogP contribution in [-0.2, 0) is 11.2 Å². The van der Waals surface area contributed by atoms with Crippen molar-refractivity contribution in [2.45, 2.75) is 25.6 Å². The first-order chi connectivity index (χ1) is 7.28. The van der Waals surface area contributed by atoms with Gasteiger partial charge < -0.3 is 14.2 Å². The lowest BCUT2D eigenvalue weighted by Crippen LogP contribution is -2.05. The molecule has 0 amide bonds. The van der Waals surface area contributed by atoms with Crippen LogP contribution in [0.5, 0.6) is 11.5 Å². The van der Waals surface area contributed by atoms with E-state index in [0.717, 1.165) is 30.1 Å². The molecule has 3 nitrogen and oxygen atoms in total. The molecule has 3 heteroatoms. The largest absolute Gasteiger partial charge is 0.496 e. The minimum atomic E-state index is 0.213. The number of hydrogen-bond donors (Lipinski definition) is 0. The van der Waals surface area contributed by atoms with Crippen LogP contribution >= 0.6 is 0 Å². The zero-order valence-electron chi connectivity index (χ0n) is 8.95. The Balaban J connectivity index is 2.05. The van der Waals surface area contributed by atoms with Crippen molar-refractivity contribution in [2.75, 3.05) is 13.7 Å². The van der Waals surface area contributed by atoms with E-state index in [1.807, 2.05) is 0 Å². The van der Waals surface area contributed by atoms with E-state index in [1.54, 1.807) is 7.11 Å². The van der Waals surface area contributed by atoms with Crippen molar-refractivity contribution in [1.29, 1.82) is 0 Å². The third-order valence-electron chi connectivity index (χ3n) is 2.93. The van der Waals surface area contributed by atoms with Gasteiger partial charge in [0.2, 0.25) is 0 Å². The first-order valence-electron chi connectivity index (χ1n) is 5.27. The van der Waals surface area contributed by atoms with Crippen molar-refractivity contribution in [2.24, 2.45) is 0 Å². The van der Waals surface area contributed by atoms with Gasteiger partial charge in [0, 0.05) is 17.5 Å². The van der Waals surface area contributed by atoms with E-state index in [1.165, 1.54) is 5.56 Å². The summed E-state index contributed by atoms with van der Waals surface area (Å²) >= 11 is 0. The maximum Gasteiger partial charge on any atom is 0.125 e. The Labute approximate surface area is 89.0 Å².